The summed E-state index contributed by atoms with van der Waals surface area (Å²) >= 11 is 0. The number of nitrogens with zero attached hydrogens (tertiary/aromatic N) is 1. The van der Waals surface area contributed by atoms with E-state index in [4.69, 9.17) is 0 Å². The third kappa shape index (κ3) is 7.10. The molecule has 1 atom stereocenters. The second-order valence-electron chi connectivity index (χ2n) is 6.19. The largest absolute Gasteiger partial charge is 0.395 e. The maximum absolute atomic E-state index is 12.2. The zero-order valence-corrected chi connectivity index (χ0v) is 14.8. The van der Waals surface area contributed by atoms with Gasteiger partial charge >= 0.3 is 6.03 Å². The van der Waals surface area contributed by atoms with Gasteiger partial charge in [-0.15, -0.1) is 0 Å². The average molecular weight is 335 g/mol. The number of rotatable bonds is 9. The molecule has 3 N–H and O–H groups in total. The standard InChI is InChI=1S/C18H29N3O3/c1-4-10-19-18(24)20-17(23)12-21(16(13-22)14(2)3)11-15-8-6-5-7-9-15/h5-9,14,16,22H,4,10-13H2,1-3H3,(H2,19,20,23,24). The van der Waals surface area contributed by atoms with Crippen molar-refractivity contribution >= 4 is 11.9 Å². The summed E-state index contributed by atoms with van der Waals surface area (Å²) in [5.41, 5.74) is 1.06. The number of amides is 3. The molecule has 0 aliphatic rings. The van der Waals surface area contributed by atoms with Crippen LogP contribution in [0.1, 0.15) is 32.8 Å². The van der Waals surface area contributed by atoms with Crippen molar-refractivity contribution < 1.29 is 14.7 Å². The van der Waals surface area contributed by atoms with Crippen molar-refractivity contribution in [2.45, 2.75) is 39.8 Å². The summed E-state index contributed by atoms with van der Waals surface area (Å²) in [6.45, 7) is 7.03. The van der Waals surface area contributed by atoms with Crippen LogP contribution in [0.5, 0.6) is 0 Å². The van der Waals surface area contributed by atoms with E-state index in [-0.39, 0.29) is 31.0 Å². The molecule has 0 bridgehead atoms. The van der Waals surface area contributed by atoms with E-state index in [0.29, 0.717) is 13.1 Å². The number of imide groups is 1. The Bertz CT molecular complexity index is 505. The summed E-state index contributed by atoms with van der Waals surface area (Å²) in [5, 5.41) is 14.7. The van der Waals surface area contributed by atoms with Crippen LogP contribution >= 0.6 is 0 Å². The molecule has 0 aliphatic carbocycles. The second kappa shape index (κ2) is 10.8. The van der Waals surface area contributed by atoms with Crippen LogP contribution in [0, 0.1) is 5.92 Å². The summed E-state index contributed by atoms with van der Waals surface area (Å²) in [6.07, 6.45) is 0.807. The summed E-state index contributed by atoms with van der Waals surface area (Å²) in [5.74, 6) is -0.195. The molecule has 24 heavy (non-hydrogen) atoms. The van der Waals surface area contributed by atoms with Crippen molar-refractivity contribution in [2.24, 2.45) is 5.92 Å². The lowest BCUT2D eigenvalue weighted by Crippen LogP contribution is -2.49. The van der Waals surface area contributed by atoms with Gasteiger partial charge in [-0.05, 0) is 17.9 Å². The van der Waals surface area contributed by atoms with Gasteiger partial charge < -0.3 is 10.4 Å². The fourth-order valence-corrected chi connectivity index (χ4v) is 2.49. The monoisotopic (exact) mass is 335 g/mol. The molecule has 0 heterocycles. The molecule has 1 aromatic carbocycles. The van der Waals surface area contributed by atoms with Crippen molar-refractivity contribution in [2.75, 3.05) is 19.7 Å². The molecule has 1 unspecified atom stereocenters. The Morgan fingerprint density at radius 2 is 1.88 bits per heavy atom. The first-order valence-corrected chi connectivity index (χ1v) is 8.44. The van der Waals surface area contributed by atoms with Gasteiger partial charge in [0.05, 0.1) is 13.2 Å². The topological polar surface area (TPSA) is 81.7 Å². The summed E-state index contributed by atoms with van der Waals surface area (Å²) in [4.78, 5) is 25.7. The molecule has 0 aliphatic heterocycles. The first-order chi connectivity index (χ1) is 11.5. The van der Waals surface area contributed by atoms with Gasteiger partial charge in [0.1, 0.15) is 0 Å². The fraction of sp³-hybridized carbons (Fsp3) is 0.556. The molecular weight excluding hydrogens is 306 g/mol. The molecule has 0 aromatic heterocycles. The molecule has 0 saturated carbocycles. The van der Waals surface area contributed by atoms with Crippen LogP contribution < -0.4 is 10.6 Å². The van der Waals surface area contributed by atoms with Gasteiger partial charge in [-0.3, -0.25) is 15.0 Å². The average Bonchev–Trinajstić information content (AvgIpc) is 2.54. The zero-order valence-electron chi connectivity index (χ0n) is 14.8. The molecule has 134 valence electrons. The minimum Gasteiger partial charge on any atom is -0.395 e. The quantitative estimate of drug-likeness (QED) is 0.642. The van der Waals surface area contributed by atoms with Crippen LogP contribution in [-0.2, 0) is 11.3 Å². The van der Waals surface area contributed by atoms with E-state index in [1.165, 1.54) is 0 Å². The first-order valence-electron chi connectivity index (χ1n) is 8.44. The van der Waals surface area contributed by atoms with Gasteiger partial charge in [0.25, 0.3) is 0 Å². The number of hydrogen-bond donors (Lipinski definition) is 3. The van der Waals surface area contributed by atoms with Gasteiger partial charge in [0.15, 0.2) is 0 Å². The van der Waals surface area contributed by atoms with Crippen molar-refractivity contribution in [3.8, 4) is 0 Å². The fourth-order valence-electron chi connectivity index (χ4n) is 2.49. The molecule has 1 rings (SSSR count). The predicted molar refractivity (Wildman–Crippen MR) is 94.4 cm³/mol. The van der Waals surface area contributed by atoms with E-state index in [1.807, 2.05) is 56.0 Å². The predicted octanol–water partition coefficient (Wildman–Crippen LogP) is 1.74. The number of aliphatic hydroxyl groups is 1. The summed E-state index contributed by atoms with van der Waals surface area (Å²) in [7, 11) is 0. The van der Waals surface area contributed by atoms with Crippen LogP contribution in [0.2, 0.25) is 0 Å². The number of carbonyl (C=O) groups is 2. The highest BCUT2D eigenvalue weighted by Crippen LogP contribution is 2.14. The van der Waals surface area contributed by atoms with Gasteiger partial charge in [0, 0.05) is 19.1 Å². The SMILES string of the molecule is CCCNC(=O)NC(=O)CN(Cc1ccccc1)C(CO)C(C)C. The minimum atomic E-state index is -0.480. The van der Waals surface area contributed by atoms with Crippen LogP contribution in [0.4, 0.5) is 4.79 Å². The Kier molecular flexibility index (Phi) is 9.04. The Hall–Kier alpha value is -1.92. The summed E-state index contributed by atoms with van der Waals surface area (Å²) in [6, 6.07) is 9.14. The lowest BCUT2D eigenvalue weighted by molar-refractivity contribution is -0.122. The number of benzene rings is 1. The number of urea groups is 1. The second-order valence-corrected chi connectivity index (χ2v) is 6.19. The normalized spacial score (nSPS) is 12.2. The van der Waals surface area contributed by atoms with Crippen LogP contribution in [0.3, 0.4) is 0 Å². The van der Waals surface area contributed by atoms with Gasteiger partial charge in [0.2, 0.25) is 5.91 Å². The molecule has 6 nitrogen and oxygen atoms in total. The third-order valence-electron chi connectivity index (χ3n) is 3.79. The Balaban J connectivity index is 2.74. The maximum atomic E-state index is 12.2. The van der Waals surface area contributed by atoms with Crippen molar-refractivity contribution in [1.82, 2.24) is 15.5 Å². The lowest BCUT2D eigenvalue weighted by Gasteiger charge is -2.32. The molecule has 0 radical (unpaired) electrons. The van der Waals surface area contributed by atoms with Crippen LogP contribution in [0.25, 0.3) is 0 Å². The number of hydrogen-bond acceptors (Lipinski definition) is 4. The molecular formula is C18H29N3O3. The number of nitrogens with one attached hydrogen (secondary N) is 2. The highest BCUT2D eigenvalue weighted by molar-refractivity contribution is 5.95. The van der Waals surface area contributed by atoms with Crippen LogP contribution in [0.15, 0.2) is 30.3 Å². The van der Waals surface area contributed by atoms with E-state index in [2.05, 4.69) is 10.6 Å². The van der Waals surface area contributed by atoms with E-state index in [0.717, 1.165) is 12.0 Å². The molecule has 0 saturated heterocycles. The number of carbonyl (C=O) groups excluding carboxylic acids is 2. The zero-order chi connectivity index (χ0) is 17.9. The maximum Gasteiger partial charge on any atom is 0.321 e. The van der Waals surface area contributed by atoms with E-state index >= 15 is 0 Å². The molecule has 0 spiro atoms. The molecule has 6 heteroatoms. The van der Waals surface area contributed by atoms with Gasteiger partial charge in [-0.1, -0.05) is 51.1 Å². The Labute approximate surface area is 144 Å². The minimum absolute atomic E-state index is 0.0419. The first kappa shape index (κ1) is 20.1. The van der Waals surface area contributed by atoms with E-state index < -0.39 is 6.03 Å². The molecule has 0 fully saturated rings. The van der Waals surface area contributed by atoms with Crippen LogP contribution in [-0.4, -0.2) is 47.7 Å². The third-order valence-corrected chi connectivity index (χ3v) is 3.79. The van der Waals surface area contributed by atoms with Crippen molar-refractivity contribution in [3.05, 3.63) is 35.9 Å². The Morgan fingerprint density at radius 3 is 2.42 bits per heavy atom. The van der Waals surface area contributed by atoms with E-state index in [1.54, 1.807) is 0 Å². The molecule has 1 aromatic rings. The molecule has 3 amide bonds. The van der Waals surface area contributed by atoms with Gasteiger partial charge in [-0.25, -0.2) is 4.79 Å². The number of aliphatic hydroxyl groups excluding tert-OH is 1. The van der Waals surface area contributed by atoms with Crippen molar-refractivity contribution in [3.63, 3.8) is 0 Å². The summed E-state index contributed by atoms with van der Waals surface area (Å²) < 4.78 is 0. The smallest absolute Gasteiger partial charge is 0.321 e. The van der Waals surface area contributed by atoms with Crippen molar-refractivity contribution in [1.29, 1.82) is 0 Å². The van der Waals surface area contributed by atoms with Gasteiger partial charge in [-0.2, -0.15) is 0 Å². The highest BCUT2D eigenvalue weighted by atomic mass is 16.3. The van der Waals surface area contributed by atoms with E-state index in [9.17, 15) is 14.7 Å². The highest BCUT2D eigenvalue weighted by Gasteiger charge is 2.24. The Morgan fingerprint density at radius 1 is 1.21 bits per heavy atom. The lowest BCUT2D eigenvalue weighted by atomic mass is 10.0.